The maximum Gasteiger partial charge on any atom is 0.188 e. The number of hydrogen-bond acceptors (Lipinski definition) is 2. The van der Waals surface area contributed by atoms with Gasteiger partial charge in [-0.05, 0) is 48.6 Å². The van der Waals surface area contributed by atoms with E-state index >= 15 is 0 Å². The monoisotopic (exact) mass is 352 g/mol. The van der Waals surface area contributed by atoms with E-state index in [1.165, 1.54) is 19.3 Å². The van der Waals surface area contributed by atoms with Crippen LogP contribution in [0.1, 0.15) is 15.9 Å². The van der Waals surface area contributed by atoms with Gasteiger partial charge in [0.1, 0.15) is 17.4 Å². The van der Waals surface area contributed by atoms with Crippen LogP contribution in [0.4, 0.5) is 8.78 Å². The number of ether oxygens (including phenoxy) is 1. The van der Waals surface area contributed by atoms with Crippen molar-refractivity contribution in [3.63, 3.8) is 0 Å². The lowest BCUT2D eigenvalue weighted by Crippen LogP contribution is -1.99. The van der Waals surface area contributed by atoms with Crippen LogP contribution in [0.15, 0.2) is 46.9 Å². The zero-order valence-corrected chi connectivity index (χ0v) is 12.7. The third-order valence-electron chi connectivity index (χ3n) is 2.80. The van der Waals surface area contributed by atoms with Gasteiger partial charge in [0.15, 0.2) is 5.78 Å². The number of methoxy groups -OCH3 is 1. The molecule has 0 atom stereocenters. The van der Waals surface area contributed by atoms with Gasteiger partial charge in [0.05, 0.1) is 12.7 Å². The van der Waals surface area contributed by atoms with Crippen molar-refractivity contribution < 1.29 is 18.3 Å². The zero-order chi connectivity index (χ0) is 15.4. The van der Waals surface area contributed by atoms with Gasteiger partial charge in [-0.15, -0.1) is 0 Å². The fourth-order valence-electron chi connectivity index (χ4n) is 1.78. The lowest BCUT2D eigenvalue weighted by molar-refractivity contribution is 0.104. The lowest BCUT2D eigenvalue weighted by Gasteiger charge is -2.05. The Kier molecular flexibility index (Phi) is 4.85. The standard InChI is InChI=1S/C16H11BrF2O2/c1-21-16-7-3-11(17)8-10(16)2-6-15(20)13-9-12(18)4-5-14(13)19/h2-9H,1H3/b6-2+. The first-order valence-corrected chi connectivity index (χ1v) is 6.81. The normalized spacial score (nSPS) is 10.9. The second-order valence-corrected chi connectivity index (χ2v) is 5.12. The molecule has 108 valence electrons. The summed E-state index contributed by atoms with van der Waals surface area (Å²) in [5.74, 6) is -1.46. The second kappa shape index (κ2) is 6.63. The fourth-order valence-corrected chi connectivity index (χ4v) is 2.16. The van der Waals surface area contributed by atoms with E-state index in [1.807, 2.05) is 0 Å². The smallest absolute Gasteiger partial charge is 0.188 e. The molecule has 0 aromatic heterocycles. The Morgan fingerprint density at radius 3 is 2.67 bits per heavy atom. The van der Waals surface area contributed by atoms with Gasteiger partial charge in [0, 0.05) is 10.0 Å². The number of benzene rings is 2. The Morgan fingerprint density at radius 2 is 1.95 bits per heavy atom. The highest BCUT2D eigenvalue weighted by atomic mass is 79.9. The van der Waals surface area contributed by atoms with Crippen molar-refractivity contribution in [1.82, 2.24) is 0 Å². The average Bonchev–Trinajstić information content (AvgIpc) is 2.47. The highest BCUT2D eigenvalue weighted by Crippen LogP contribution is 2.24. The summed E-state index contributed by atoms with van der Waals surface area (Å²) in [6.07, 6.45) is 2.68. The van der Waals surface area contributed by atoms with Gasteiger partial charge in [0.25, 0.3) is 0 Å². The molecule has 0 aliphatic carbocycles. The molecule has 0 spiro atoms. The van der Waals surface area contributed by atoms with Crippen molar-refractivity contribution in [2.75, 3.05) is 7.11 Å². The third kappa shape index (κ3) is 3.76. The van der Waals surface area contributed by atoms with E-state index in [0.717, 1.165) is 22.7 Å². The van der Waals surface area contributed by atoms with Crippen LogP contribution in [0.3, 0.4) is 0 Å². The minimum absolute atomic E-state index is 0.305. The number of halogens is 3. The fraction of sp³-hybridized carbons (Fsp3) is 0.0625. The molecule has 0 aliphatic heterocycles. The number of hydrogen-bond donors (Lipinski definition) is 0. The molecule has 0 aliphatic rings. The predicted molar refractivity (Wildman–Crippen MR) is 80.4 cm³/mol. The molecule has 0 amide bonds. The minimum atomic E-state index is -0.757. The van der Waals surface area contributed by atoms with Crippen molar-refractivity contribution >= 4 is 27.8 Å². The quantitative estimate of drug-likeness (QED) is 0.592. The molecule has 0 saturated heterocycles. The van der Waals surface area contributed by atoms with Crippen LogP contribution < -0.4 is 4.74 Å². The van der Waals surface area contributed by atoms with Crippen molar-refractivity contribution in [2.24, 2.45) is 0 Å². The van der Waals surface area contributed by atoms with Gasteiger partial charge in [-0.2, -0.15) is 0 Å². The Hall–Kier alpha value is -2.01. The van der Waals surface area contributed by atoms with Gasteiger partial charge in [-0.3, -0.25) is 4.79 Å². The first-order chi connectivity index (χ1) is 10.0. The van der Waals surface area contributed by atoms with Crippen LogP contribution in [0.25, 0.3) is 6.08 Å². The molecule has 2 aromatic rings. The summed E-state index contributed by atoms with van der Waals surface area (Å²) in [4.78, 5) is 11.9. The largest absolute Gasteiger partial charge is 0.496 e. The summed E-state index contributed by atoms with van der Waals surface area (Å²) < 4.78 is 32.6. The van der Waals surface area contributed by atoms with E-state index < -0.39 is 17.4 Å². The molecule has 0 N–H and O–H groups in total. The van der Waals surface area contributed by atoms with E-state index in [2.05, 4.69) is 15.9 Å². The summed E-state index contributed by atoms with van der Waals surface area (Å²) in [7, 11) is 1.51. The number of rotatable bonds is 4. The highest BCUT2D eigenvalue weighted by Gasteiger charge is 2.10. The SMILES string of the molecule is COc1ccc(Br)cc1/C=C/C(=O)c1cc(F)ccc1F. The third-order valence-corrected chi connectivity index (χ3v) is 3.29. The molecule has 2 aromatic carbocycles. The summed E-state index contributed by atoms with van der Waals surface area (Å²) >= 11 is 3.31. The van der Waals surface area contributed by atoms with E-state index in [4.69, 9.17) is 4.74 Å². The number of carbonyl (C=O) groups is 1. The lowest BCUT2D eigenvalue weighted by atomic mass is 10.1. The number of ketones is 1. The highest BCUT2D eigenvalue weighted by molar-refractivity contribution is 9.10. The Labute approximate surface area is 129 Å². The molecule has 0 radical (unpaired) electrons. The summed E-state index contributed by atoms with van der Waals surface area (Å²) in [5, 5.41) is 0. The summed E-state index contributed by atoms with van der Waals surface area (Å²) in [5.41, 5.74) is 0.345. The van der Waals surface area contributed by atoms with Crippen LogP contribution >= 0.6 is 15.9 Å². The molecule has 0 saturated carbocycles. The van der Waals surface area contributed by atoms with E-state index in [9.17, 15) is 13.6 Å². The van der Waals surface area contributed by atoms with Gasteiger partial charge < -0.3 is 4.74 Å². The molecule has 0 unspecified atom stereocenters. The van der Waals surface area contributed by atoms with Crippen molar-refractivity contribution in [1.29, 1.82) is 0 Å². The molecule has 2 nitrogen and oxygen atoms in total. The van der Waals surface area contributed by atoms with Gasteiger partial charge in [0.2, 0.25) is 0 Å². The Bertz CT molecular complexity index is 711. The van der Waals surface area contributed by atoms with E-state index in [1.54, 1.807) is 18.2 Å². The second-order valence-electron chi connectivity index (χ2n) is 4.21. The van der Waals surface area contributed by atoms with Gasteiger partial charge in [-0.25, -0.2) is 8.78 Å². The van der Waals surface area contributed by atoms with Crippen LogP contribution in [-0.4, -0.2) is 12.9 Å². The predicted octanol–water partition coefficient (Wildman–Crippen LogP) is 4.63. The first kappa shape index (κ1) is 15.4. The van der Waals surface area contributed by atoms with E-state index in [0.29, 0.717) is 11.3 Å². The first-order valence-electron chi connectivity index (χ1n) is 6.02. The van der Waals surface area contributed by atoms with Crippen molar-refractivity contribution in [3.05, 3.63) is 69.7 Å². The average molecular weight is 353 g/mol. The molecule has 2 rings (SSSR count). The number of carbonyl (C=O) groups excluding carboxylic acids is 1. The van der Waals surface area contributed by atoms with E-state index in [-0.39, 0.29) is 5.56 Å². The topological polar surface area (TPSA) is 26.3 Å². The van der Waals surface area contributed by atoms with Crippen LogP contribution in [0.2, 0.25) is 0 Å². The molecule has 5 heteroatoms. The van der Waals surface area contributed by atoms with Crippen LogP contribution in [0, 0.1) is 11.6 Å². The molecular weight excluding hydrogens is 342 g/mol. The maximum atomic E-state index is 13.5. The molecule has 0 fully saturated rings. The maximum absolute atomic E-state index is 13.5. The summed E-state index contributed by atoms with van der Waals surface area (Å²) in [6.45, 7) is 0. The van der Waals surface area contributed by atoms with Crippen LogP contribution in [-0.2, 0) is 0 Å². The molecular formula is C16H11BrF2O2. The Morgan fingerprint density at radius 1 is 1.19 bits per heavy atom. The van der Waals surface area contributed by atoms with Gasteiger partial charge in [-0.1, -0.05) is 15.9 Å². The van der Waals surface area contributed by atoms with Gasteiger partial charge >= 0.3 is 0 Å². The Balaban J connectivity index is 2.31. The molecule has 0 bridgehead atoms. The number of allylic oxidation sites excluding steroid dienone is 1. The van der Waals surface area contributed by atoms with Crippen molar-refractivity contribution in [3.8, 4) is 5.75 Å². The molecule has 21 heavy (non-hydrogen) atoms. The van der Waals surface area contributed by atoms with Crippen LogP contribution in [0.5, 0.6) is 5.75 Å². The molecule has 0 heterocycles. The zero-order valence-electron chi connectivity index (χ0n) is 11.1. The summed E-state index contributed by atoms with van der Waals surface area (Å²) in [6, 6.07) is 8.05. The van der Waals surface area contributed by atoms with Crippen molar-refractivity contribution in [2.45, 2.75) is 0 Å². The minimum Gasteiger partial charge on any atom is -0.496 e.